The summed E-state index contributed by atoms with van der Waals surface area (Å²) in [6.07, 6.45) is -6.16. The van der Waals surface area contributed by atoms with Gasteiger partial charge < -0.3 is 19.3 Å². The average molecular weight is 378 g/mol. The molecule has 1 N–H and O–H groups in total. The van der Waals surface area contributed by atoms with Gasteiger partial charge in [0.15, 0.2) is 11.6 Å². The fourth-order valence-corrected chi connectivity index (χ4v) is 1.94. The molecule has 0 atom stereocenters. The first-order valence-electron chi connectivity index (χ1n) is 6.89. The van der Waals surface area contributed by atoms with E-state index in [1.807, 2.05) is 0 Å². The monoisotopic (exact) mass is 378 g/mol. The predicted molar refractivity (Wildman–Crippen MR) is 76.8 cm³/mol. The van der Waals surface area contributed by atoms with Crippen molar-refractivity contribution in [2.24, 2.45) is 0 Å². The Kier molecular flexibility index (Phi) is 5.53. The summed E-state index contributed by atoms with van der Waals surface area (Å²) in [5, 5.41) is 9.27. The maximum Gasteiger partial charge on any atom is 0.513 e. The molecule has 0 radical (unpaired) electrons. The Morgan fingerprint density at radius 1 is 1.12 bits per heavy atom. The Labute approximate surface area is 143 Å². The number of rotatable bonds is 4. The van der Waals surface area contributed by atoms with Gasteiger partial charge in [-0.15, -0.1) is 0 Å². The number of benzene rings is 2. The van der Waals surface area contributed by atoms with E-state index in [4.69, 9.17) is 9.47 Å². The molecule has 0 unspecified atom stereocenters. The van der Waals surface area contributed by atoms with Crippen molar-refractivity contribution >= 4 is 6.16 Å². The Bertz CT molecular complexity index is 819. The molecule has 5 nitrogen and oxygen atoms in total. The second-order valence-electron chi connectivity index (χ2n) is 4.86. The number of ether oxygens (including phenoxy) is 3. The van der Waals surface area contributed by atoms with Crippen molar-refractivity contribution in [2.45, 2.75) is 12.8 Å². The van der Waals surface area contributed by atoms with Crippen molar-refractivity contribution in [2.75, 3.05) is 7.11 Å². The van der Waals surface area contributed by atoms with Crippen LogP contribution < -0.4 is 9.47 Å². The van der Waals surface area contributed by atoms with E-state index in [1.165, 1.54) is 12.1 Å². The molecule has 0 fully saturated rings. The topological polar surface area (TPSA) is 65.0 Å². The van der Waals surface area contributed by atoms with Crippen LogP contribution in [0.5, 0.6) is 17.2 Å². The van der Waals surface area contributed by atoms with Gasteiger partial charge in [-0.05, 0) is 18.2 Å². The molecular weight excluding hydrogens is 367 g/mol. The molecule has 26 heavy (non-hydrogen) atoms. The molecular formula is C16H11F5O5. The standard InChI is InChI=1S/C16H11F5O5/c1-24-15(23)26-13-4-2-3-10(17)8(13)7-25-14-6-12(22)11(18)5-9(14)16(19,20)21/h2-6,22H,7H2,1H3. The third-order valence-electron chi connectivity index (χ3n) is 3.16. The lowest BCUT2D eigenvalue weighted by molar-refractivity contribution is -0.139. The Morgan fingerprint density at radius 3 is 2.42 bits per heavy atom. The molecule has 0 aliphatic heterocycles. The summed E-state index contributed by atoms with van der Waals surface area (Å²) in [4.78, 5) is 11.2. The number of carbonyl (C=O) groups is 1. The Hall–Kier alpha value is -3.04. The van der Waals surface area contributed by atoms with Gasteiger partial charge in [-0.25, -0.2) is 13.6 Å². The molecule has 0 spiro atoms. The molecule has 2 aromatic carbocycles. The van der Waals surface area contributed by atoms with Crippen molar-refractivity contribution in [3.63, 3.8) is 0 Å². The number of phenolic OH excluding ortho intramolecular Hbond substituents is 1. The molecule has 10 heteroatoms. The Morgan fingerprint density at radius 2 is 1.81 bits per heavy atom. The van der Waals surface area contributed by atoms with Crippen LogP contribution in [-0.2, 0) is 17.5 Å². The second kappa shape index (κ2) is 7.46. The number of carbonyl (C=O) groups excluding carboxylic acids is 1. The van der Waals surface area contributed by atoms with E-state index in [0.29, 0.717) is 6.07 Å². The second-order valence-corrected chi connectivity index (χ2v) is 4.86. The fraction of sp³-hybridized carbons (Fsp3) is 0.188. The summed E-state index contributed by atoms with van der Waals surface area (Å²) in [5.74, 6) is -4.76. The summed E-state index contributed by atoms with van der Waals surface area (Å²) in [6, 6.07) is 3.81. The quantitative estimate of drug-likeness (QED) is 0.485. The molecule has 0 heterocycles. The van der Waals surface area contributed by atoms with Crippen LogP contribution in [0.15, 0.2) is 30.3 Å². The van der Waals surface area contributed by atoms with E-state index in [2.05, 4.69) is 4.74 Å². The third-order valence-corrected chi connectivity index (χ3v) is 3.16. The highest BCUT2D eigenvalue weighted by Gasteiger charge is 2.36. The summed E-state index contributed by atoms with van der Waals surface area (Å²) in [7, 11) is 1.01. The van der Waals surface area contributed by atoms with Crippen LogP contribution in [0.2, 0.25) is 0 Å². The number of methoxy groups -OCH3 is 1. The highest BCUT2D eigenvalue weighted by molar-refractivity contribution is 5.64. The van der Waals surface area contributed by atoms with Crippen LogP contribution in [0.4, 0.5) is 26.7 Å². The van der Waals surface area contributed by atoms with E-state index in [0.717, 1.165) is 13.2 Å². The van der Waals surface area contributed by atoms with Gasteiger partial charge in [0.1, 0.15) is 29.5 Å². The van der Waals surface area contributed by atoms with E-state index in [1.54, 1.807) is 0 Å². The number of phenols is 1. The van der Waals surface area contributed by atoms with Crippen LogP contribution in [0, 0.1) is 11.6 Å². The van der Waals surface area contributed by atoms with Gasteiger partial charge in [-0.1, -0.05) is 6.07 Å². The van der Waals surface area contributed by atoms with Crippen LogP contribution in [0.3, 0.4) is 0 Å². The first-order valence-corrected chi connectivity index (χ1v) is 6.89. The molecule has 0 bridgehead atoms. The van der Waals surface area contributed by atoms with Crippen molar-refractivity contribution in [1.29, 1.82) is 0 Å². The van der Waals surface area contributed by atoms with E-state index < -0.39 is 47.6 Å². The van der Waals surface area contributed by atoms with Crippen LogP contribution >= 0.6 is 0 Å². The maximum absolute atomic E-state index is 13.9. The van der Waals surface area contributed by atoms with Gasteiger partial charge in [-0.3, -0.25) is 0 Å². The third kappa shape index (κ3) is 4.32. The van der Waals surface area contributed by atoms with Crippen molar-refractivity contribution in [3.05, 3.63) is 53.1 Å². The van der Waals surface area contributed by atoms with Gasteiger partial charge in [-0.2, -0.15) is 13.2 Å². The molecule has 0 saturated carbocycles. The minimum Gasteiger partial charge on any atom is -0.505 e. The van der Waals surface area contributed by atoms with Gasteiger partial charge in [0, 0.05) is 6.07 Å². The molecule has 0 aromatic heterocycles. The van der Waals surface area contributed by atoms with Crippen LogP contribution in [0.1, 0.15) is 11.1 Å². The van der Waals surface area contributed by atoms with E-state index in [-0.39, 0.29) is 17.4 Å². The van der Waals surface area contributed by atoms with Gasteiger partial charge >= 0.3 is 12.3 Å². The number of alkyl halides is 3. The van der Waals surface area contributed by atoms with Gasteiger partial charge in [0.2, 0.25) is 0 Å². The SMILES string of the molecule is COC(=O)Oc1cccc(F)c1COc1cc(O)c(F)cc1C(F)(F)F. The zero-order chi connectivity index (χ0) is 19.5. The normalized spacial score (nSPS) is 11.2. The average Bonchev–Trinajstić information content (AvgIpc) is 2.56. The number of hydrogen-bond donors (Lipinski definition) is 1. The molecule has 2 rings (SSSR count). The van der Waals surface area contributed by atoms with Crippen molar-refractivity contribution in [3.8, 4) is 17.2 Å². The number of hydrogen-bond acceptors (Lipinski definition) is 5. The van der Waals surface area contributed by atoms with E-state index >= 15 is 0 Å². The van der Waals surface area contributed by atoms with Crippen molar-refractivity contribution < 1.29 is 46.1 Å². The first-order chi connectivity index (χ1) is 12.1. The Balaban J connectivity index is 2.35. The summed E-state index contributed by atoms with van der Waals surface area (Å²) >= 11 is 0. The zero-order valence-electron chi connectivity index (χ0n) is 13.1. The summed E-state index contributed by atoms with van der Waals surface area (Å²) in [6.45, 7) is -0.798. The highest BCUT2D eigenvalue weighted by atomic mass is 19.4. The molecule has 2 aromatic rings. The fourth-order valence-electron chi connectivity index (χ4n) is 1.94. The van der Waals surface area contributed by atoms with Gasteiger partial charge in [0.25, 0.3) is 0 Å². The number of aromatic hydroxyl groups is 1. The minimum atomic E-state index is -4.98. The largest absolute Gasteiger partial charge is 0.513 e. The smallest absolute Gasteiger partial charge is 0.505 e. The molecule has 140 valence electrons. The summed E-state index contributed by atoms with van der Waals surface area (Å²) < 4.78 is 79.9. The molecule has 0 amide bonds. The van der Waals surface area contributed by atoms with Crippen LogP contribution in [-0.4, -0.2) is 18.4 Å². The predicted octanol–water partition coefficient (Wildman–Crippen LogP) is 4.41. The lowest BCUT2D eigenvalue weighted by Gasteiger charge is -2.16. The summed E-state index contributed by atoms with van der Waals surface area (Å²) in [5.41, 5.74) is -1.88. The molecule has 0 saturated heterocycles. The van der Waals surface area contributed by atoms with E-state index in [9.17, 15) is 31.9 Å². The zero-order valence-corrected chi connectivity index (χ0v) is 13.1. The van der Waals surface area contributed by atoms with Crippen LogP contribution in [0.25, 0.3) is 0 Å². The molecule has 0 aliphatic rings. The maximum atomic E-state index is 13.9. The lowest BCUT2D eigenvalue weighted by atomic mass is 10.1. The molecule has 0 aliphatic carbocycles. The minimum absolute atomic E-state index is 0.0534. The number of halogens is 5. The van der Waals surface area contributed by atoms with Crippen molar-refractivity contribution in [1.82, 2.24) is 0 Å². The first kappa shape index (κ1) is 19.3. The van der Waals surface area contributed by atoms with Gasteiger partial charge in [0.05, 0.1) is 12.7 Å². The highest BCUT2D eigenvalue weighted by Crippen LogP contribution is 2.40. The lowest BCUT2D eigenvalue weighted by Crippen LogP contribution is -2.12.